The first kappa shape index (κ1) is 17.0. The van der Waals surface area contributed by atoms with Crippen LogP contribution in [0.2, 0.25) is 0 Å². The molecular formula is C19H21N3O3. The Morgan fingerprint density at radius 3 is 2.96 bits per heavy atom. The number of carbonyl (C=O) groups is 1. The molecule has 0 fully saturated rings. The monoisotopic (exact) mass is 339 g/mol. The summed E-state index contributed by atoms with van der Waals surface area (Å²) >= 11 is 0. The minimum Gasteiger partial charge on any atom is -0.497 e. The Kier molecular flexibility index (Phi) is 5.30. The zero-order valence-corrected chi connectivity index (χ0v) is 14.1. The highest BCUT2D eigenvalue weighted by Gasteiger charge is 2.17. The molecule has 6 heteroatoms. The summed E-state index contributed by atoms with van der Waals surface area (Å²) in [6.07, 6.45) is 1.35. The van der Waals surface area contributed by atoms with E-state index in [9.17, 15) is 9.90 Å². The van der Waals surface area contributed by atoms with E-state index in [1.54, 1.807) is 37.7 Å². The van der Waals surface area contributed by atoms with Gasteiger partial charge in [0.15, 0.2) is 6.10 Å². The van der Waals surface area contributed by atoms with Gasteiger partial charge >= 0.3 is 0 Å². The summed E-state index contributed by atoms with van der Waals surface area (Å²) in [6.45, 7) is 1.22. The topological polar surface area (TPSA) is 76.4 Å². The van der Waals surface area contributed by atoms with E-state index < -0.39 is 12.0 Å². The molecule has 2 aromatic carbocycles. The standard InChI is InChI=1S/C19H21N3O3/c1-25-15-7-4-6-14(12-15)18(23)19(24)20-10-5-11-22-13-21-16-8-2-3-9-17(16)22/h2-4,6-9,12-13,18,23H,5,10-11H2,1H3,(H,20,24). The van der Waals surface area contributed by atoms with Crippen LogP contribution in [-0.4, -0.2) is 34.2 Å². The molecule has 0 bridgehead atoms. The first-order valence-corrected chi connectivity index (χ1v) is 8.18. The second-order valence-corrected chi connectivity index (χ2v) is 5.75. The van der Waals surface area contributed by atoms with Gasteiger partial charge in [0.25, 0.3) is 5.91 Å². The molecule has 3 aromatic rings. The molecule has 25 heavy (non-hydrogen) atoms. The van der Waals surface area contributed by atoms with Gasteiger partial charge in [-0.1, -0.05) is 24.3 Å². The number of para-hydroxylation sites is 2. The van der Waals surface area contributed by atoms with Crippen LogP contribution in [-0.2, 0) is 11.3 Å². The maximum absolute atomic E-state index is 12.1. The van der Waals surface area contributed by atoms with Crippen molar-refractivity contribution in [1.29, 1.82) is 0 Å². The van der Waals surface area contributed by atoms with Crippen LogP contribution in [0, 0.1) is 0 Å². The van der Waals surface area contributed by atoms with Crippen molar-refractivity contribution < 1.29 is 14.6 Å². The largest absolute Gasteiger partial charge is 0.497 e. The first-order chi connectivity index (χ1) is 12.2. The fourth-order valence-corrected chi connectivity index (χ4v) is 2.71. The molecule has 0 saturated heterocycles. The number of imidazole rings is 1. The number of hydrogen-bond acceptors (Lipinski definition) is 4. The second-order valence-electron chi connectivity index (χ2n) is 5.75. The molecule has 3 rings (SSSR count). The predicted octanol–water partition coefficient (Wildman–Crippen LogP) is 2.28. The van der Waals surface area contributed by atoms with E-state index in [0.29, 0.717) is 17.9 Å². The van der Waals surface area contributed by atoms with Crippen LogP contribution < -0.4 is 10.1 Å². The van der Waals surface area contributed by atoms with E-state index in [-0.39, 0.29) is 0 Å². The fourth-order valence-electron chi connectivity index (χ4n) is 2.71. The minimum absolute atomic E-state index is 0.413. The average Bonchev–Trinajstić information content (AvgIpc) is 3.07. The molecule has 0 radical (unpaired) electrons. The number of ether oxygens (including phenoxy) is 1. The molecule has 0 saturated carbocycles. The van der Waals surface area contributed by atoms with Crippen LogP contribution in [0.3, 0.4) is 0 Å². The van der Waals surface area contributed by atoms with E-state index in [4.69, 9.17) is 4.74 Å². The maximum atomic E-state index is 12.1. The Balaban J connectivity index is 1.50. The number of aromatic nitrogens is 2. The van der Waals surface area contributed by atoms with Gasteiger partial charge in [-0.05, 0) is 36.2 Å². The van der Waals surface area contributed by atoms with Crippen molar-refractivity contribution >= 4 is 16.9 Å². The molecule has 0 aliphatic rings. The van der Waals surface area contributed by atoms with Crippen molar-refractivity contribution in [1.82, 2.24) is 14.9 Å². The molecular weight excluding hydrogens is 318 g/mol. The highest BCUT2D eigenvalue weighted by atomic mass is 16.5. The molecule has 130 valence electrons. The molecule has 0 aliphatic carbocycles. The summed E-state index contributed by atoms with van der Waals surface area (Å²) in [5.74, 6) is 0.195. The van der Waals surface area contributed by atoms with E-state index in [2.05, 4.69) is 14.9 Å². The minimum atomic E-state index is -1.20. The average molecular weight is 339 g/mol. The number of carbonyl (C=O) groups excluding carboxylic acids is 1. The van der Waals surface area contributed by atoms with Crippen LogP contribution in [0.15, 0.2) is 54.9 Å². The zero-order chi connectivity index (χ0) is 17.6. The number of rotatable bonds is 7. The van der Waals surface area contributed by atoms with Gasteiger partial charge in [0.1, 0.15) is 5.75 Å². The lowest BCUT2D eigenvalue weighted by Crippen LogP contribution is -2.30. The van der Waals surface area contributed by atoms with Crippen LogP contribution in [0.25, 0.3) is 11.0 Å². The molecule has 0 spiro atoms. The Bertz CT molecular complexity index is 860. The number of nitrogens with one attached hydrogen (secondary N) is 1. The smallest absolute Gasteiger partial charge is 0.253 e. The summed E-state index contributed by atoms with van der Waals surface area (Å²) in [5.41, 5.74) is 2.54. The third-order valence-corrected chi connectivity index (χ3v) is 4.06. The molecule has 6 nitrogen and oxygen atoms in total. The van der Waals surface area contributed by atoms with Gasteiger partial charge in [-0.3, -0.25) is 4.79 Å². The summed E-state index contributed by atoms with van der Waals surface area (Å²) in [5, 5.41) is 12.9. The number of aliphatic hydroxyl groups is 1. The van der Waals surface area contributed by atoms with Crippen LogP contribution in [0.5, 0.6) is 5.75 Å². The quantitative estimate of drug-likeness (QED) is 0.648. The van der Waals surface area contributed by atoms with Gasteiger partial charge < -0.3 is 19.7 Å². The normalized spacial score (nSPS) is 12.1. The number of aryl methyl sites for hydroxylation is 1. The summed E-state index contributed by atoms with van der Waals surface area (Å²) in [4.78, 5) is 16.4. The fraction of sp³-hybridized carbons (Fsp3) is 0.263. The van der Waals surface area contributed by atoms with Crippen molar-refractivity contribution in [3.8, 4) is 5.75 Å². The number of aliphatic hydroxyl groups excluding tert-OH is 1. The molecule has 1 amide bonds. The van der Waals surface area contributed by atoms with Crippen LogP contribution in [0.4, 0.5) is 0 Å². The Hall–Kier alpha value is -2.86. The van der Waals surface area contributed by atoms with Gasteiger partial charge in [-0.25, -0.2) is 4.98 Å². The SMILES string of the molecule is COc1cccc(C(O)C(=O)NCCCn2cnc3ccccc32)c1. The number of nitrogens with zero attached hydrogens (tertiary/aromatic N) is 2. The number of benzene rings is 2. The third-order valence-electron chi connectivity index (χ3n) is 4.06. The van der Waals surface area contributed by atoms with Crippen LogP contribution >= 0.6 is 0 Å². The summed E-state index contributed by atoms with van der Waals surface area (Å²) in [7, 11) is 1.55. The van der Waals surface area contributed by atoms with Gasteiger partial charge in [0.05, 0.1) is 24.5 Å². The van der Waals surface area contributed by atoms with Gasteiger partial charge in [-0.15, -0.1) is 0 Å². The summed E-state index contributed by atoms with van der Waals surface area (Å²) < 4.78 is 7.16. The maximum Gasteiger partial charge on any atom is 0.253 e. The van der Waals surface area contributed by atoms with Crippen LogP contribution in [0.1, 0.15) is 18.1 Å². The zero-order valence-electron chi connectivity index (χ0n) is 14.1. The lowest BCUT2D eigenvalue weighted by molar-refractivity contribution is -0.129. The van der Waals surface area contributed by atoms with Crippen molar-refractivity contribution in [3.05, 3.63) is 60.4 Å². The Morgan fingerprint density at radius 1 is 1.28 bits per heavy atom. The lowest BCUT2D eigenvalue weighted by atomic mass is 10.1. The molecule has 1 aromatic heterocycles. The molecule has 1 heterocycles. The first-order valence-electron chi connectivity index (χ1n) is 8.18. The highest BCUT2D eigenvalue weighted by molar-refractivity contribution is 5.82. The van der Waals surface area contributed by atoms with E-state index >= 15 is 0 Å². The number of amides is 1. The van der Waals surface area contributed by atoms with Gasteiger partial charge in [-0.2, -0.15) is 0 Å². The Morgan fingerprint density at radius 2 is 2.12 bits per heavy atom. The Labute approximate surface area is 146 Å². The summed E-state index contributed by atoms with van der Waals surface area (Å²) in [6, 6.07) is 14.8. The number of methoxy groups -OCH3 is 1. The molecule has 1 atom stereocenters. The van der Waals surface area contributed by atoms with Crippen molar-refractivity contribution in [2.45, 2.75) is 19.1 Å². The number of hydrogen-bond donors (Lipinski definition) is 2. The lowest BCUT2D eigenvalue weighted by Gasteiger charge is -2.13. The number of fused-ring (bicyclic) bond motifs is 1. The van der Waals surface area contributed by atoms with Gasteiger partial charge in [0, 0.05) is 13.1 Å². The van der Waals surface area contributed by atoms with Crippen molar-refractivity contribution in [2.24, 2.45) is 0 Å². The molecule has 0 aliphatic heterocycles. The van der Waals surface area contributed by atoms with Crippen molar-refractivity contribution in [3.63, 3.8) is 0 Å². The molecule has 2 N–H and O–H groups in total. The third kappa shape index (κ3) is 3.97. The van der Waals surface area contributed by atoms with Crippen molar-refractivity contribution in [2.75, 3.05) is 13.7 Å². The predicted molar refractivity (Wildman–Crippen MR) is 95.3 cm³/mol. The molecule has 1 unspecified atom stereocenters. The highest BCUT2D eigenvalue weighted by Crippen LogP contribution is 2.19. The second kappa shape index (κ2) is 7.81. The van der Waals surface area contributed by atoms with E-state index in [1.807, 2.05) is 24.3 Å². The van der Waals surface area contributed by atoms with E-state index in [0.717, 1.165) is 24.0 Å². The van der Waals surface area contributed by atoms with Gasteiger partial charge in [0.2, 0.25) is 0 Å². The van der Waals surface area contributed by atoms with E-state index in [1.165, 1.54) is 0 Å².